The van der Waals surface area contributed by atoms with Gasteiger partial charge in [-0.3, -0.25) is 9.69 Å². The molecule has 0 fully saturated rings. The van der Waals surface area contributed by atoms with Gasteiger partial charge in [0.05, 0.1) is 0 Å². The molecule has 0 saturated heterocycles. The number of para-hydroxylation sites is 1. The van der Waals surface area contributed by atoms with E-state index >= 15 is 0 Å². The molecule has 0 aliphatic carbocycles. The van der Waals surface area contributed by atoms with Crippen LogP contribution >= 0.6 is 11.6 Å². The van der Waals surface area contributed by atoms with Gasteiger partial charge in [-0.2, -0.15) is 0 Å². The van der Waals surface area contributed by atoms with E-state index in [0.29, 0.717) is 5.65 Å². The number of carbonyl (C=O) groups is 1. The van der Waals surface area contributed by atoms with Gasteiger partial charge in [-0.15, -0.1) is 11.6 Å². The lowest BCUT2D eigenvalue weighted by Gasteiger charge is -2.22. The third-order valence-corrected chi connectivity index (χ3v) is 3.43. The van der Waals surface area contributed by atoms with Crippen molar-refractivity contribution in [1.29, 1.82) is 0 Å². The third kappa shape index (κ3) is 2.85. The van der Waals surface area contributed by atoms with Gasteiger partial charge in [0.25, 0.3) is 0 Å². The van der Waals surface area contributed by atoms with Crippen molar-refractivity contribution in [2.75, 3.05) is 10.8 Å². The zero-order chi connectivity index (χ0) is 16.4. The summed E-state index contributed by atoms with van der Waals surface area (Å²) < 4.78 is 28.2. The number of pyridine rings is 2. The Morgan fingerprint density at radius 2 is 1.83 bits per heavy atom. The minimum atomic E-state index is -0.883. The number of fused-ring (bicyclic) bond motifs is 1. The molecule has 116 valence electrons. The number of anilines is 2. The first kappa shape index (κ1) is 15.3. The standard InChI is InChI=1S/C16H10ClF2N3O/c17-9-14(23)22(15-11(18)4-1-5-12(15)19)13-7-6-10-3-2-8-20-16(10)21-13/h1-8H,9H2. The predicted octanol–water partition coefficient (Wildman–Crippen LogP) is 3.81. The Morgan fingerprint density at radius 1 is 1.09 bits per heavy atom. The van der Waals surface area contributed by atoms with Crippen molar-refractivity contribution in [3.05, 3.63) is 60.3 Å². The van der Waals surface area contributed by atoms with Gasteiger partial charge < -0.3 is 0 Å². The number of amides is 1. The van der Waals surface area contributed by atoms with Gasteiger partial charge in [-0.05, 0) is 36.4 Å². The number of hydrogen-bond acceptors (Lipinski definition) is 3. The molecule has 1 amide bonds. The number of alkyl halides is 1. The highest BCUT2D eigenvalue weighted by Gasteiger charge is 2.25. The van der Waals surface area contributed by atoms with E-state index in [1.165, 1.54) is 18.3 Å². The van der Waals surface area contributed by atoms with E-state index in [2.05, 4.69) is 9.97 Å². The van der Waals surface area contributed by atoms with Crippen molar-refractivity contribution < 1.29 is 13.6 Å². The number of aromatic nitrogens is 2. The minimum Gasteiger partial charge on any atom is -0.273 e. The van der Waals surface area contributed by atoms with Crippen LogP contribution in [-0.4, -0.2) is 21.8 Å². The molecule has 0 spiro atoms. The van der Waals surface area contributed by atoms with Gasteiger partial charge in [0.2, 0.25) is 5.91 Å². The third-order valence-electron chi connectivity index (χ3n) is 3.20. The fourth-order valence-corrected chi connectivity index (χ4v) is 2.32. The Labute approximate surface area is 135 Å². The summed E-state index contributed by atoms with van der Waals surface area (Å²) in [5.74, 6) is -2.86. The van der Waals surface area contributed by atoms with Crippen LogP contribution in [0.4, 0.5) is 20.3 Å². The minimum absolute atomic E-state index is 0.0471. The van der Waals surface area contributed by atoms with Crippen molar-refractivity contribution in [1.82, 2.24) is 9.97 Å². The van der Waals surface area contributed by atoms with Crippen molar-refractivity contribution >= 4 is 40.0 Å². The van der Waals surface area contributed by atoms with Crippen LogP contribution in [0.2, 0.25) is 0 Å². The van der Waals surface area contributed by atoms with E-state index in [1.54, 1.807) is 18.2 Å². The number of nitrogens with zero attached hydrogens (tertiary/aromatic N) is 3. The molecule has 23 heavy (non-hydrogen) atoms. The van der Waals surface area contributed by atoms with Crippen LogP contribution < -0.4 is 4.90 Å². The second kappa shape index (κ2) is 6.26. The molecular formula is C16H10ClF2N3O. The molecule has 4 nitrogen and oxygen atoms in total. The molecule has 2 aromatic heterocycles. The molecule has 0 bridgehead atoms. The maximum atomic E-state index is 14.1. The largest absolute Gasteiger partial charge is 0.273 e. The van der Waals surface area contributed by atoms with E-state index in [-0.39, 0.29) is 5.82 Å². The highest BCUT2D eigenvalue weighted by molar-refractivity contribution is 6.30. The highest BCUT2D eigenvalue weighted by Crippen LogP contribution is 2.30. The van der Waals surface area contributed by atoms with Crippen LogP contribution in [0.5, 0.6) is 0 Å². The molecule has 0 atom stereocenters. The predicted molar refractivity (Wildman–Crippen MR) is 83.8 cm³/mol. The monoisotopic (exact) mass is 333 g/mol. The maximum absolute atomic E-state index is 14.1. The van der Waals surface area contributed by atoms with Crippen LogP contribution in [0.25, 0.3) is 11.0 Å². The molecule has 0 aliphatic heterocycles. The summed E-state index contributed by atoms with van der Waals surface area (Å²) in [5, 5.41) is 0.739. The molecule has 0 unspecified atom stereocenters. The molecule has 0 aliphatic rings. The quantitative estimate of drug-likeness (QED) is 0.685. The molecule has 7 heteroatoms. The summed E-state index contributed by atoms with van der Waals surface area (Å²) in [4.78, 5) is 21.3. The van der Waals surface area contributed by atoms with E-state index < -0.39 is 29.1 Å². The zero-order valence-electron chi connectivity index (χ0n) is 11.7. The number of hydrogen-bond donors (Lipinski definition) is 0. The Morgan fingerprint density at radius 3 is 2.52 bits per heavy atom. The number of halogens is 3. The van der Waals surface area contributed by atoms with Crippen LogP contribution in [0.15, 0.2) is 48.7 Å². The molecule has 3 rings (SSSR count). The second-order valence-electron chi connectivity index (χ2n) is 4.65. The summed E-state index contributed by atoms with van der Waals surface area (Å²) in [6.07, 6.45) is 1.54. The van der Waals surface area contributed by atoms with E-state index in [0.717, 1.165) is 22.4 Å². The summed E-state index contributed by atoms with van der Waals surface area (Å²) in [6, 6.07) is 10.0. The Bertz CT molecular complexity index is 868. The maximum Gasteiger partial charge on any atom is 0.247 e. The first-order valence-corrected chi connectivity index (χ1v) is 7.20. The second-order valence-corrected chi connectivity index (χ2v) is 4.92. The fraction of sp³-hybridized carbons (Fsp3) is 0.0625. The lowest BCUT2D eigenvalue weighted by molar-refractivity contribution is -0.115. The lowest BCUT2D eigenvalue weighted by atomic mass is 10.2. The summed E-state index contributed by atoms with van der Waals surface area (Å²) in [5.41, 5.74) is -0.157. The molecule has 2 heterocycles. The van der Waals surface area contributed by atoms with Crippen LogP contribution in [0, 0.1) is 11.6 Å². The van der Waals surface area contributed by atoms with Gasteiger partial charge in [-0.1, -0.05) is 6.07 Å². The molecule has 0 radical (unpaired) electrons. The van der Waals surface area contributed by atoms with Gasteiger partial charge in [0, 0.05) is 11.6 Å². The normalized spacial score (nSPS) is 10.7. The molecule has 1 aromatic carbocycles. The van der Waals surface area contributed by atoms with Crippen molar-refractivity contribution in [3.63, 3.8) is 0 Å². The van der Waals surface area contributed by atoms with Gasteiger partial charge in [0.15, 0.2) is 5.65 Å². The van der Waals surface area contributed by atoms with Crippen LogP contribution in [0.3, 0.4) is 0 Å². The Balaban J connectivity index is 2.21. The summed E-state index contributed by atoms with van der Waals surface area (Å²) in [6.45, 7) is 0. The fourth-order valence-electron chi connectivity index (χ4n) is 2.20. The zero-order valence-corrected chi connectivity index (χ0v) is 12.5. The average molecular weight is 334 g/mol. The Kier molecular flexibility index (Phi) is 4.16. The topological polar surface area (TPSA) is 46.1 Å². The van der Waals surface area contributed by atoms with Crippen LogP contribution in [-0.2, 0) is 4.79 Å². The summed E-state index contributed by atoms with van der Waals surface area (Å²) >= 11 is 5.59. The SMILES string of the molecule is O=C(CCl)N(c1ccc2cccnc2n1)c1c(F)cccc1F. The van der Waals surface area contributed by atoms with Gasteiger partial charge >= 0.3 is 0 Å². The number of rotatable bonds is 3. The van der Waals surface area contributed by atoms with Crippen LogP contribution in [0.1, 0.15) is 0 Å². The van der Waals surface area contributed by atoms with E-state index in [4.69, 9.17) is 11.6 Å². The van der Waals surface area contributed by atoms with Gasteiger partial charge in [0.1, 0.15) is 29.0 Å². The van der Waals surface area contributed by atoms with Gasteiger partial charge in [-0.25, -0.2) is 18.7 Å². The van der Waals surface area contributed by atoms with Crippen molar-refractivity contribution in [2.45, 2.75) is 0 Å². The molecule has 0 saturated carbocycles. The molecule has 0 N–H and O–H groups in total. The number of benzene rings is 1. The highest BCUT2D eigenvalue weighted by atomic mass is 35.5. The van der Waals surface area contributed by atoms with Crippen molar-refractivity contribution in [3.8, 4) is 0 Å². The van der Waals surface area contributed by atoms with E-state index in [9.17, 15) is 13.6 Å². The first-order valence-electron chi connectivity index (χ1n) is 6.66. The average Bonchev–Trinajstić information content (AvgIpc) is 2.57. The molecular weight excluding hydrogens is 324 g/mol. The molecule has 3 aromatic rings. The van der Waals surface area contributed by atoms with Crippen molar-refractivity contribution in [2.24, 2.45) is 0 Å². The first-order chi connectivity index (χ1) is 11.1. The number of carbonyl (C=O) groups excluding carboxylic acids is 1. The smallest absolute Gasteiger partial charge is 0.247 e. The Hall–Kier alpha value is -2.60. The van der Waals surface area contributed by atoms with E-state index in [1.807, 2.05) is 0 Å². The summed E-state index contributed by atoms with van der Waals surface area (Å²) in [7, 11) is 0. The lowest BCUT2D eigenvalue weighted by Crippen LogP contribution is -2.29.